The Morgan fingerprint density at radius 3 is 1.91 bits per heavy atom. The van der Waals surface area contributed by atoms with Gasteiger partial charge >= 0.3 is 5.97 Å². The SMILES string of the molecule is C=Cc1ccc(-c2ccc(-c3ccc(C(=O)Oc4ccc(OCC)c(F)c4)cc3)c(F)c2F)cc1. The molecule has 0 aliphatic carbocycles. The largest absolute Gasteiger partial charge is 0.491 e. The molecule has 0 N–H and O–H groups in total. The summed E-state index contributed by atoms with van der Waals surface area (Å²) in [6.45, 7) is 5.71. The van der Waals surface area contributed by atoms with Crippen LogP contribution in [0.3, 0.4) is 0 Å². The molecule has 0 amide bonds. The molecule has 0 aliphatic rings. The molecule has 3 nitrogen and oxygen atoms in total. The van der Waals surface area contributed by atoms with Crippen molar-refractivity contribution >= 4 is 12.0 Å². The Morgan fingerprint density at radius 2 is 1.40 bits per heavy atom. The molecule has 0 heterocycles. The fourth-order valence-electron chi connectivity index (χ4n) is 3.56. The van der Waals surface area contributed by atoms with Gasteiger partial charge in [-0.3, -0.25) is 0 Å². The zero-order chi connectivity index (χ0) is 24.9. The van der Waals surface area contributed by atoms with Crippen molar-refractivity contribution in [3.63, 3.8) is 0 Å². The standard InChI is InChI=1S/C29H21F3O3/c1-3-18-5-7-19(8-6-18)23-14-15-24(28(32)27(23)31)20-9-11-21(12-10-20)29(33)35-22-13-16-26(34-4-2)25(30)17-22/h3,5-17H,1,4H2,2H3. The zero-order valence-electron chi connectivity index (χ0n) is 18.9. The van der Waals surface area contributed by atoms with Gasteiger partial charge in [-0.1, -0.05) is 61.2 Å². The minimum absolute atomic E-state index is 0.0184. The van der Waals surface area contributed by atoms with Crippen LogP contribution in [0.15, 0.2) is 85.4 Å². The highest BCUT2D eigenvalue weighted by atomic mass is 19.2. The molecule has 35 heavy (non-hydrogen) atoms. The molecule has 0 aliphatic heterocycles. The third kappa shape index (κ3) is 5.11. The van der Waals surface area contributed by atoms with E-state index in [1.807, 2.05) is 0 Å². The molecule has 0 saturated heterocycles. The lowest BCUT2D eigenvalue weighted by atomic mass is 9.97. The van der Waals surface area contributed by atoms with E-state index in [2.05, 4.69) is 6.58 Å². The molecule has 0 atom stereocenters. The molecular weight excluding hydrogens is 453 g/mol. The normalized spacial score (nSPS) is 10.6. The van der Waals surface area contributed by atoms with Crippen LogP contribution in [0.5, 0.6) is 11.5 Å². The molecule has 0 bridgehead atoms. The molecule has 6 heteroatoms. The second-order valence-electron chi connectivity index (χ2n) is 7.61. The Kier molecular flexibility index (Phi) is 7.01. The van der Waals surface area contributed by atoms with E-state index in [9.17, 15) is 18.0 Å². The average Bonchev–Trinajstić information content (AvgIpc) is 2.87. The fourth-order valence-corrected chi connectivity index (χ4v) is 3.56. The number of hydrogen-bond acceptors (Lipinski definition) is 3. The average molecular weight is 474 g/mol. The van der Waals surface area contributed by atoms with Crippen LogP contribution in [-0.4, -0.2) is 12.6 Å². The minimum atomic E-state index is -0.990. The summed E-state index contributed by atoms with van der Waals surface area (Å²) in [5.74, 6) is -3.24. The van der Waals surface area contributed by atoms with Crippen molar-refractivity contribution in [3.8, 4) is 33.8 Å². The van der Waals surface area contributed by atoms with Crippen LogP contribution in [0.1, 0.15) is 22.8 Å². The highest BCUT2D eigenvalue weighted by Crippen LogP contribution is 2.32. The first-order valence-electron chi connectivity index (χ1n) is 10.9. The summed E-state index contributed by atoms with van der Waals surface area (Å²) < 4.78 is 54.1. The van der Waals surface area contributed by atoms with Gasteiger partial charge in [-0.2, -0.15) is 0 Å². The highest BCUT2D eigenvalue weighted by molar-refractivity contribution is 5.91. The van der Waals surface area contributed by atoms with E-state index in [0.717, 1.165) is 11.6 Å². The van der Waals surface area contributed by atoms with Crippen LogP contribution in [0, 0.1) is 17.5 Å². The second-order valence-corrected chi connectivity index (χ2v) is 7.61. The Bertz CT molecular complexity index is 1380. The smallest absolute Gasteiger partial charge is 0.343 e. The monoisotopic (exact) mass is 474 g/mol. The summed E-state index contributed by atoms with van der Waals surface area (Å²) in [5.41, 5.74) is 2.17. The molecule has 4 aromatic rings. The van der Waals surface area contributed by atoms with Crippen molar-refractivity contribution in [3.05, 3.63) is 114 Å². The summed E-state index contributed by atoms with van der Waals surface area (Å²) in [4.78, 5) is 12.4. The highest BCUT2D eigenvalue weighted by Gasteiger charge is 2.17. The Labute approximate surface area is 201 Å². The van der Waals surface area contributed by atoms with Gasteiger partial charge in [0.05, 0.1) is 12.2 Å². The molecular formula is C29H21F3O3. The summed E-state index contributed by atoms with van der Waals surface area (Å²) >= 11 is 0. The van der Waals surface area contributed by atoms with Crippen LogP contribution < -0.4 is 9.47 Å². The predicted octanol–water partition coefficient (Wildman–Crippen LogP) is 7.70. The van der Waals surface area contributed by atoms with Gasteiger partial charge < -0.3 is 9.47 Å². The van der Waals surface area contributed by atoms with Crippen molar-refractivity contribution in [1.29, 1.82) is 0 Å². The Morgan fingerprint density at radius 1 is 0.829 bits per heavy atom. The van der Waals surface area contributed by atoms with Crippen molar-refractivity contribution in [1.82, 2.24) is 0 Å². The second kappa shape index (κ2) is 10.3. The molecule has 176 valence electrons. The maximum Gasteiger partial charge on any atom is 0.343 e. The van der Waals surface area contributed by atoms with Gasteiger partial charge in [-0.25, -0.2) is 18.0 Å². The van der Waals surface area contributed by atoms with Crippen LogP contribution in [0.4, 0.5) is 13.2 Å². The fraction of sp³-hybridized carbons (Fsp3) is 0.0690. The van der Waals surface area contributed by atoms with E-state index in [0.29, 0.717) is 17.7 Å². The lowest BCUT2D eigenvalue weighted by Gasteiger charge is -2.10. The first-order chi connectivity index (χ1) is 16.9. The predicted molar refractivity (Wildman–Crippen MR) is 130 cm³/mol. The third-order valence-electron chi connectivity index (χ3n) is 5.39. The molecule has 0 unspecified atom stereocenters. The van der Waals surface area contributed by atoms with Crippen molar-refractivity contribution in [2.75, 3.05) is 6.61 Å². The Hall–Kier alpha value is -4.32. The molecule has 0 saturated carbocycles. The van der Waals surface area contributed by atoms with Crippen molar-refractivity contribution < 1.29 is 27.4 Å². The maximum atomic E-state index is 14.9. The molecule has 4 rings (SSSR count). The van der Waals surface area contributed by atoms with Gasteiger partial charge in [0.1, 0.15) is 5.75 Å². The number of carbonyl (C=O) groups is 1. The number of rotatable bonds is 7. The van der Waals surface area contributed by atoms with Crippen LogP contribution in [0.25, 0.3) is 28.3 Å². The molecule has 4 aromatic carbocycles. The number of hydrogen-bond donors (Lipinski definition) is 0. The summed E-state index contributed by atoms with van der Waals surface area (Å²) in [6.07, 6.45) is 1.67. The summed E-state index contributed by atoms with van der Waals surface area (Å²) in [5, 5.41) is 0. The van der Waals surface area contributed by atoms with Gasteiger partial charge in [0.2, 0.25) is 0 Å². The number of carbonyl (C=O) groups excluding carboxylic acids is 1. The Balaban J connectivity index is 1.53. The van der Waals surface area contributed by atoms with Crippen molar-refractivity contribution in [2.24, 2.45) is 0 Å². The number of halogens is 3. The lowest BCUT2D eigenvalue weighted by Crippen LogP contribution is -2.08. The molecule has 0 fully saturated rings. The van der Waals surface area contributed by atoms with Gasteiger partial charge in [0.25, 0.3) is 0 Å². The summed E-state index contributed by atoms with van der Waals surface area (Å²) in [6, 6.07) is 19.6. The van der Waals surface area contributed by atoms with E-state index in [1.165, 1.54) is 48.5 Å². The first kappa shape index (κ1) is 23.8. The number of esters is 1. The lowest BCUT2D eigenvalue weighted by molar-refractivity contribution is 0.0734. The van der Waals surface area contributed by atoms with Gasteiger partial charge in [-0.15, -0.1) is 0 Å². The minimum Gasteiger partial charge on any atom is -0.491 e. The van der Waals surface area contributed by atoms with Crippen LogP contribution in [0.2, 0.25) is 0 Å². The number of ether oxygens (including phenoxy) is 2. The number of benzene rings is 4. The zero-order valence-corrected chi connectivity index (χ0v) is 18.9. The maximum absolute atomic E-state index is 14.9. The van der Waals surface area contributed by atoms with E-state index in [-0.39, 0.29) is 28.2 Å². The van der Waals surface area contributed by atoms with Gasteiger partial charge in [0, 0.05) is 17.2 Å². The van der Waals surface area contributed by atoms with E-state index < -0.39 is 23.4 Å². The van der Waals surface area contributed by atoms with Crippen LogP contribution >= 0.6 is 0 Å². The van der Waals surface area contributed by atoms with E-state index in [1.54, 1.807) is 37.3 Å². The van der Waals surface area contributed by atoms with Gasteiger partial charge in [0.15, 0.2) is 23.2 Å². The van der Waals surface area contributed by atoms with E-state index >= 15 is 0 Å². The summed E-state index contributed by atoms with van der Waals surface area (Å²) in [7, 11) is 0. The van der Waals surface area contributed by atoms with Crippen LogP contribution in [-0.2, 0) is 0 Å². The molecule has 0 radical (unpaired) electrons. The molecule has 0 aromatic heterocycles. The quantitative estimate of drug-likeness (QED) is 0.203. The first-order valence-corrected chi connectivity index (χ1v) is 10.9. The topological polar surface area (TPSA) is 35.5 Å². The van der Waals surface area contributed by atoms with Crippen molar-refractivity contribution in [2.45, 2.75) is 6.92 Å². The van der Waals surface area contributed by atoms with E-state index in [4.69, 9.17) is 9.47 Å². The van der Waals surface area contributed by atoms with Gasteiger partial charge in [-0.05, 0) is 47.9 Å². The molecule has 0 spiro atoms. The third-order valence-corrected chi connectivity index (χ3v) is 5.39.